The normalized spacial score (nSPS) is 27.7. The highest BCUT2D eigenvalue weighted by Gasteiger charge is 2.42. The number of nitrogens with one attached hydrogen (secondary N) is 1. The van der Waals surface area contributed by atoms with Crippen LogP contribution in [0.4, 0.5) is 0 Å². The summed E-state index contributed by atoms with van der Waals surface area (Å²) < 4.78 is 5.56. The number of hydrogen-bond donors (Lipinski definition) is 1. The van der Waals surface area contributed by atoms with Crippen LogP contribution in [0.3, 0.4) is 0 Å². The van der Waals surface area contributed by atoms with Gasteiger partial charge in [0, 0.05) is 11.1 Å². The lowest BCUT2D eigenvalue weighted by Crippen LogP contribution is -2.42. The molecule has 3 rings (SSSR count). The molecule has 2 bridgehead atoms. The number of benzene rings is 1. The number of carbonyl (C=O) groups excluding carboxylic acids is 1. The Bertz CT molecular complexity index is 560. The molecular formula is C18H24ClNO2. The molecule has 2 fully saturated rings. The molecule has 0 heterocycles. The van der Waals surface area contributed by atoms with E-state index in [1.807, 2.05) is 13.0 Å². The molecule has 3 nitrogen and oxygen atoms in total. The molecule has 1 amide bonds. The van der Waals surface area contributed by atoms with Crippen molar-refractivity contribution in [1.29, 1.82) is 0 Å². The van der Waals surface area contributed by atoms with Crippen molar-refractivity contribution < 1.29 is 9.53 Å². The second-order valence-corrected chi connectivity index (χ2v) is 7.30. The minimum atomic E-state index is -0.0390. The van der Waals surface area contributed by atoms with Gasteiger partial charge in [-0.3, -0.25) is 4.79 Å². The van der Waals surface area contributed by atoms with Gasteiger partial charge in [0.25, 0.3) is 5.91 Å². The summed E-state index contributed by atoms with van der Waals surface area (Å²) in [5, 5.41) is 3.82. The van der Waals surface area contributed by atoms with Crippen LogP contribution in [0.2, 0.25) is 5.02 Å². The maximum absolute atomic E-state index is 12.1. The number of aryl methyl sites for hydroxylation is 1. The van der Waals surface area contributed by atoms with Crippen LogP contribution in [0.5, 0.6) is 5.75 Å². The van der Waals surface area contributed by atoms with E-state index in [0.29, 0.717) is 16.7 Å². The van der Waals surface area contributed by atoms with Gasteiger partial charge in [-0.05, 0) is 74.6 Å². The largest absolute Gasteiger partial charge is 0.484 e. The van der Waals surface area contributed by atoms with E-state index < -0.39 is 0 Å². The first-order valence-corrected chi connectivity index (χ1v) is 8.59. The predicted octanol–water partition coefficient (Wildman–Crippen LogP) is 3.97. The predicted molar refractivity (Wildman–Crippen MR) is 88.2 cm³/mol. The van der Waals surface area contributed by atoms with E-state index in [-0.39, 0.29) is 18.6 Å². The van der Waals surface area contributed by atoms with E-state index in [1.54, 1.807) is 12.1 Å². The molecule has 4 unspecified atom stereocenters. The zero-order valence-electron chi connectivity index (χ0n) is 13.3. The first kappa shape index (κ1) is 15.7. The van der Waals surface area contributed by atoms with E-state index in [9.17, 15) is 4.79 Å². The van der Waals surface area contributed by atoms with Gasteiger partial charge in [-0.25, -0.2) is 0 Å². The van der Waals surface area contributed by atoms with Gasteiger partial charge in [-0.1, -0.05) is 18.0 Å². The monoisotopic (exact) mass is 321 g/mol. The van der Waals surface area contributed by atoms with E-state index >= 15 is 0 Å². The molecular weight excluding hydrogens is 298 g/mol. The van der Waals surface area contributed by atoms with Crippen LogP contribution in [0.25, 0.3) is 0 Å². The summed E-state index contributed by atoms with van der Waals surface area (Å²) in [5.74, 6) is 3.02. The zero-order chi connectivity index (χ0) is 15.7. The molecule has 0 spiro atoms. The number of fused-ring (bicyclic) bond motifs is 2. The summed E-state index contributed by atoms with van der Waals surface area (Å²) in [4.78, 5) is 12.1. The summed E-state index contributed by atoms with van der Waals surface area (Å²) in [6.45, 7) is 4.12. The molecule has 1 aromatic rings. The second-order valence-electron chi connectivity index (χ2n) is 6.89. The molecule has 4 atom stereocenters. The molecule has 1 aromatic carbocycles. The third-order valence-electron chi connectivity index (χ3n) is 5.32. The summed E-state index contributed by atoms with van der Waals surface area (Å²) in [7, 11) is 0. The zero-order valence-corrected chi connectivity index (χ0v) is 14.0. The minimum Gasteiger partial charge on any atom is -0.484 e. The smallest absolute Gasteiger partial charge is 0.258 e. The molecule has 0 aliphatic heterocycles. The quantitative estimate of drug-likeness (QED) is 0.891. The number of rotatable bonds is 5. The van der Waals surface area contributed by atoms with Gasteiger partial charge in [-0.2, -0.15) is 0 Å². The lowest BCUT2D eigenvalue weighted by Gasteiger charge is -2.28. The van der Waals surface area contributed by atoms with Crippen LogP contribution in [0, 0.1) is 24.7 Å². The minimum absolute atomic E-state index is 0.0390. The molecule has 4 heteroatoms. The molecule has 0 saturated heterocycles. The van der Waals surface area contributed by atoms with E-state index in [1.165, 1.54) is 25.7 Å². The summed E-state index contributed by atoms with van der Waals surface area (Å²) in [6.07, 6.45) is 5.38. The third-order valence-corrected chi connectivity index (χ3v) is 5.75. The Kier molecular flexibility index (Phi) is 4.62. The van der Waals surface area contributed by atoms with Gasteiger partial charge in [0.05, 0.1) is 0 Å². The molecule has 2 aliphatic rings. The van der Waals surface area contributed by atoms with E-state index in [0.717, 1.165) is 17.4 Å². The van der Waals surface area contributed by atoms with Crippen LogP contribution >= 0.6 is 11.6 Å². The van der Waals surface area contributed by atoms with Crippen molar-refractivity contribution in [3.63, 3.8) is 0 Å². The Balaban J connectivity index is 1.47. The van der Waals surface area contributed by atoms with Gasteiger partial charge < -0.3 is 10.1 Å². The Hall–Kier alpha value is -1.22. The van der Waals surface area contributed by atoms with Crippen molar-refractivity contribution in [2.45, 2.75) is 45.6 Å². The van der Waals surface area contributed by atoms with E-state index in [2.05, 4.69) is 12.2 Å². The molecule has 22 heavy (non-hydrogen) atoms. The summed E-state index contributed by atoms with van der Waals surface area (Å²) in [5.41, 5.74) is 0.954. The first-order chi connectivity index (χ1) is 10.5. The Morgan fingerprint density at radius 3 is 2.86 bits per heavy atom. The highest BCUT2D eigenvalue weighted by atomic mass is 35.5. The van der Waals surface area contributed by atoms with Crippen LogP contribution in [-0.4, -0.2) is 18.6 Å². The number of carbonyl (C=O) groups is 1. The SMILES string of the molecule is Cc1cc(OCC(=O)NC(C)C2CC3CCC2C3)ccc1Cl. The molecule has 0 radical (unpaired) electrons. The molecule has 0 aromatic heterocycles. The maximum Gasteiger partial charge on any atom is 0.258 e. The van der Waals surface area contributed by atoms with Crippen LogP contribution in [0.1, 0.15) is 38.2 Å². The Morgan fingerprint density at radius 2 is 2.23 bits per heavy atom. The molecule has 1 N–H and O–H groups in total. The molecule has 120 valence electrons. The first-order valence-electron chi connectivity index (χ1n) is 8.21. The standard InChI is InChI=1S/C18H24ClNO2/c1-11-7-15(5-6-17(11)19)22-10-18(21)20-12(2)16-9-13-3-4-14(16)8-13/h5-7,12-14,16H,3-4,8-10H2,1-2H3,(H,20,21). The Labute approximate surface area is 137 Å². The van der Waals surface area contributed by atoms with Crippen molar-refractivity contribution in [2.75, 3.05) is 6.61 Å². The number of ether oxygens (including phenoxy) is 1. The Morgan fingerprint density at radius 1 is 1.41 bits per heavy atom. The fourth-order valence-electron chi connectivity index (χ4n) is 4.16. The van der Waals surface area contributed by atoms with Crippen molar-refractivity contribution in [2.24, 2.45) is 17.8 Å². The average Bonchev–Trinajstić information content (AvgIpc) is 3.11. The van der Waals surface area contributed by atoms with Crippen molar-refractivity contribution >= 4 is 17.5 Å². The van der Waals surface area contributed by atoms with Crippen LogP contribution in [0.15, 0.2) is 18.2 Å². The van der Waals surface area contributed by atoms with Gasteiger partial charge in [0.1, 0.15) is 5.75 Å². The van der Waals surface area contributed by atoms with Crippen molar-refractivity contribution in [1.82, 2.24) is 5.32 Å². The molecule has 2 aliphatic carbocycles. The van der Waals surface area contributed by atoms with Crippen LogP contribution in [-0.2, 0) is 4.79 Å². The topological polar surface area (TPSA) is 38.3 Å². The highest BCUT2D eigenvalue weighted by Crippen LogP contribution is 2.49. The van der Waals surface area contributed by atoms with Gasteiger partial charge in [-0.15, -0.1) is 0 Å². The fourth-order valence-corrected chi connectivity index (χ4v) is 4.28. The lowest BCUT2D eigenvalue weighted by atomic mass is 9.84. The summed E-state index contributed by atoms with van der Waals surface area (Å²) >= 11 is 5.98. The lowest BCUT2D eigenvalue weighted by molar-refractivity contribution is -0.124. The fraction of sp³-hybridized carbons (Fsp3) is 0.611. The van der Waals surface area contributed by atoms with Gasteiger partial charge >= 0.3 is 0 Å². The van der Waals surface area contributed by atoms with Crippen LogP contribution < -0.4 is 10.1 Å². The molecule has 2 saturated carbocycles. The van der Waals surface area contributed by atoms with Crippen molar-refractivity contribution in [3.05, 3.63) is 28.8 Å². The van der Waals surface area contributed by atoms with Gasteiger partial charge in [0.2, 0.25) is 0 Å². The third kappa shape index (κ3) is 3.40. The maximum atomic E-state index is 12.1. The van der Waals surface area contributed by atoms with Gasteiger partial charge in [0.15, 0.2) is 6.61 Å². The van der Waals surface area contributed by atoms with E-state index in [4.69, 9.17) is 16.3 Å². The number of hydrogen-bond acceptors (Lipinski definition) is 2. The number of halogens is 1. The highest BCUT2D eigenvalue weighted by molar-refractivity contribution is 6.31. The summed E-state index contributed by atoms with van der Waals surface area (Å²) in [6, 6.07) is 5.69. The number of amides is 1. The van der Waals surface area contributed by atoms with Crippen molar-refractivity contribution in [3.8, 4) is 5.75 Å². The average molecular weight is 322 g/mol. The second kappa shape index (κ2) is 6.49.